The van der Waals surface area contributed by atoms with Crippen LogP contribution >= 0.6 is 0 Å². The summed E-state index contributed by atoms with van der Waals surface area (Å²) in [4.78, 5) is 17.2. The first kappa shape index (κ1) is 21.0. The molecule has 2 aliphatic rings. The minimum atomic E-state index is -0.372. The van der Waals surface area contributed by atoms with Crippen molar-refractivity contribution in [1.29, 1.82) is 0 Å². The molecule has 1 aromatic rings. The third-order valence-electron chi connectivity index (χ3n) is 5.54. The molecule has 1 unspecified atom stereocenters. The first-order valence-corrected chi connectivity index (χ1v) is 10.7. The Bertz CT molecular complexity index is 693. The SMILES string of the molecule is CCCC(=NC(C)c1ccc(OC2CCOCC2)c(F)c1)C(=O)CCC1CC1. The average Bonchev–Trinajstić information content (AvgIpc) is 3.52. The van der Waals surface area contributed by atoms with Gasteiger partial charge in [0.15, 0.2) is 17.3 Å². The van der Waals surface area contributed by atoms with E-state index < -0.39 is 0 Å². The molecule has 1 heterocycles. The highest BCUT2D eigenvalue weighted by molar-refractivity contribution is 6.39. The number of Topliss-reactive ketones (excluding diaryl/α,β-unsaturated/α-hetero) is 1. The van der Waals surface area contributed by atoms with Crippen molar-refractivity contribution < 1.29 is 18.7 Å². The minimum Gasteiger partial charge on any atom is -0.487 e. The van der Waals surface area contributed by atoms with Crippen LogP contribution in [0.25, 0.3) is 0 Å². The second-order valence-electron chi connectivity index (χ2n) is 8.03. The third kappa shape index (κ3) is 6.13. The van der Waals surface area contributed by atoms with Gasteiger partial charge < -0.3 is 9.47 Å². The van der Waals surface area contributed by atoms with E-state index in [1.165, 1.54) is 18.9 Å². The molecular formula is C23H32FNO3. The van der Waals surface area contributed by atoms with E-state index in [-0.39, 0.29) is 29.5 Å². The molecule has 0 radical (unpaired) electrons. The molecular weight excluding hydrogens is 357 g/mol. The van der Waals surface area contributed by atoms with E-state index in [1.54, 1.807) is 6.07 Å². The average molecular weight is 390 g/mol. The zero-order chi connectivity index (χ0) is 19.9. The maximum atomic E-state index is 14.6. The van der Waals surface area contributed by atoms with Gasteiger partial charge in [0.25, 0.3) is 0 Å². The van der Waals surface area contributed by atoms with Gasteiger partial charge in [-0.25, -0.2) is 4.39 Å². The summed E-state index contributed by atoms with van der Waals surface area (Å²) >= 11 is 0. The second-order valence-corrected chi connectivity index (χ2v) is 8.03. The number of carbonyl (C=O) groups is 1. The van der Waals surface area contributed by atoms with Gasteiger partial charge in [-0.15, -0.1) is 0 Å². The van der Waals surface area contributed by atoms with E-state index in [0.29, 0.717) is 31.8 Å². The Morgan fingerprint density at radius 1 is 1.25 bits per heavy atom. The predicted octanol–water partition coefficient (Wildman–Crippen LogP) is 5.44. The lowest BCUT2D eigenvalue weighted by atomic mass is 10.0. The Kier molecular flexibility index (Phi) is 7.60. The molecule has 0 amide bonds. The molecule has 1 aliphatic carbocycles. The van der Waals surface area contributed by atoms with E-state index in [0.717, 1.165) is 37.2 Å². The first-order chi connectivity index (χ1) is 13.6. The van der Waals surface area contributed by atoms with Crippen LogP contribution < -0.4 is 4.74 Å². The standard InChI is InChI=1S/C23H32FNO3/c1-3-4-21(22(26)9-7-17-5-6-17)25-16(2)18-8-10-23(20(24)15-18)28-19-11-13-27-14-12-19/h8,10,15-17,19H,3-7,9,11-14H2,1-2H3. The molecule has 1 aliphatic heterocycles. The molecule has 0 spiro atoms. The van der Waals surface area contributed by atoms with Gasteiger partial charge in [-0.3, -0.25) is 9.79 Å². The molecule has 1 aromatic carbocycles. The number of hydrogen-bond acceptors (Lipinski definition) is 4. The summed E-state index contributed by atoms with van der Waals surface area (Å²) in [6.45, 7) is 5.28. The first-order valence-electron chi connectivity index (χ1n) is 10.7. The predicted molar refractivity (Wildman–Crippen MR) is 109 cm³/mol. The van der Waals surface area contributed by atoms with Crippen molar-refractivity contribution >= 4 is 11.5 Å². The lowest BCUT2D eigenvalue weighted by Crippen LogP contribution is -2.26. The summed E-state index contributed by atoms with van der Waals surface area (Å²) in [6, 6.07) is 4.77. The highest BCUT2D eigenvalue weighted by Gasteiger charge is 2.23. The van der Waals surface area contributed by atoms with Gasteiger partial charge in [-0.2, -0.15) is 0 Å². The van der Waals surface area contributed by atoms with Gasteiger partial charge >= 0.3 is 0 Å². The summed E-state index contributed by atoms with van der Waals surface area (Å²) in [5.41, 5.74) is 1.42. The fraction of sp³-hybridized carbons (Fsp3) is 0.652. The second kappa shape index (κ2) is 10.1. The quantitative estimate of drug-likeness (QED) is 0.500. The zero-order valence-corrected chi connectivity index (χ0v) is 17.1. The topological polar surface area (TPSA) is 47.9 Å². The lowest BCUT2D eigenvalue weighted by Gasteiger charge is -2.23. The number of aliphatic imine (C=N–C) groups is 1. The number of hydrogen-bond donors (Lipinski definition) is 0. The van der Waals surface area contributed by atoms with Gasteiger partial charge in [0.2, 0.25) is 0 Å². The maximum absolute atomic E-state index is 14.6. The molecule has 1 atom stereocenters. The van der Waals surface area contributed by atoms with Crippen LogP contribution in [0.1, 0.15) is 76.8 Å². The summed E-state index contributed by atoms with van der Waals surface area (Å²) in [6.07, 6.45) is 7.21. The molecule has 0 bridgehead atoms. The Balaban J connectivity index is 1.64. The molecule has 5 heteroatoms. The third-order valence-corrected chi connectivity index (χ3v) is 5.54. The monoisotopic (exact) mass is 389 g/mol. The van der Waals surface area contributed by atoms with Crippen molar-refractivity contribution in [2.24, 2.45) is 10.9 Å². The van der Waals surface area contributed by atoms with Crippen LogP contribution in [0.4, 0.5) is 4.39 Å². The highest BCUT2D eigenvalue weighted by atomic mass is 19.1. The largest absolute Gasteiger partial charge is 0.487 e. The summed E-state index contributed by atoms with van der Waals surface area (Å²) in [7, 11) is 0. The molecule has 1 saturated heterocycles. The number of halogens is 1. The number of ketones is 1. The van der Waals surface area contributed by atoms with E-state index in [2.05, 4.69) is 11.9 Å². The fourth-order valence-corrected chi connectivity index (χ4v) is 3.55. The minimum absolute atomic E-state index is 0.00444. The Hall–Kier alpha value is -1.75. The van der Waals surface area contributed by atoms with Crippen LogP contribution in [-0.2, 0) is 9.53 Å². The highest BCUT2D eigenvalue weighted by Crippen LogP contribution is 2.33. The van der Waals surface area contributed by atoms with Crippen LogP contribution in [0.5, 0.6) is 5.75 Å². The van der Waals surface area contributed by atoms with Crippen molar-refractivity contribution in [2.75, 3.05) is 13.2 Å². The number of rotatable bonds is 10. The van der Waals surface area contributed by atoms with Crippen molar-refractivity contribution in [3.63, 3.8) is 0 Å². The van der Waals surface area contributed by atoms with Crippen molar-refractivity contribution in [3.05, 3.63) is 29.6 Å². The number of ether oxygens (including phenoxy) is 2. The van der Waals surface area contributed by atoms with Crippen molar-refractivity contribution in [1.82, 2.24) is 0 Å². The van der Waals surface area contributed by atoms with Gasteiger partial charge in [-0.1, -0.05) is 32.3 Å². The van der Waals surface area contributed by atoms with Crippen LogP contribution in [0.2, 0.25) is 0 Å². The molecule has 28 heavy (non-hydrogen) atoms. The number of benzene rings is 1. The van der Waals surface area contributed by atoms with E-state index >= 15 is 0 Å². The van der Waals surface area contributed by atoms with E-state index in [4.69, 9.17) is 9.47 Å². The van der Waals surface area contributed by atoms with Gasteiger partial charge in [0.05, 0.1) is 25.0 Å². The smallest absolute Gasteiger partial charge is 0.176 e. The summed E-state index contributed by atoms with van der Waals surface area (Å²) in [5, 5.41) is 0. The lowest BCUT2D eigenvalue weighted by molar-refractivity contribution is -0.113. The number of carbonyl (C=O) groups excluding carboxylic acids is 1. The van der Waals surface area contributed by atoms with Crippen LogP contribution in [-0.4, -0.2) is 30.8 Å². The molecule has 154 valence electrons. The Labute approximate surface area is 167 Å². The Morgan fingerprint density at radius 2 is 2.00 bits per heavy atom. The normalized spacial score (nSPS) is 19.5. The molecule has 3 rings (SSSR count). The van der Waals surface area contributed by atoms with Crippen molar-refractivity contribution in [2.45, 2.75) is 77.4 Å². The van der Waals surface area contributed by atoms with E-state index in [1.807, 2.05) is 13.0 Å². The molecule has 0 N–H and O–H groups in total. The van der Waals surface area contributed by atoms with Crippen LogP contribution in [0, 0.1) is 11.7 Å². The van der Waals surface area contributed by atoms with Gasteiger partial charge in [0.1, 0.15) is 6.10 Å². The summed E-state index contributed by atoms with van der Waals surface area (Å²) in [5.74, 6) is 0.798. The number of nitrogens with zero attached hydrogens (tertiary/aromatic N) is 1. The van der Waals surface area contributed by atoms with Crippen LogP contribution in [0.3, 0.4) is 0 Å². The zero-order valence-electron chi connectivity index (χ0n) is 17.1. The van der Waals surface area contributed by atoms with Gasteiger partial charge in [0, 0.05) is 19.3 Å². The molecule has 0 aromatic heterocycles. The van der Waals surface area contributed by atoms with Crippen molar-refractivity contribution in [3.8, 4) is 5.75 Å². The molecule has 2 fully saturated rings. The van der Waals surface area contributed by atoms with Gasteiger partial charge in [-0.05, 0) is 43.4 Å². The maximum Gasteiger partial charge on any atom is 0.176 e. The molecule has 1 saturated carbocycles. The molecule has 4 nitrogen and oxygen atoms in total. The summed E-state index contributed by atoms with van der Waals surface area (Å²) < 4.78 is 25.7. The van der Waals surface area contributed by atoms with E-state index in [9.17, 15) is 9.18 Å². The Morgan fingerprint density at radius 3 is 2.64 bits per heavy atom. The fourth-order valence-electron chi connectivity index (χ4n) is 3.55. The van der Waals surface area contributed by atoms with Crippen LogP contribution in [0.15, 0.2) is 23.2 Å².